The molecule has 27 heavy (non-hydrogen) atoms. The zero-order valence-electron chi connectivity index (χ0n) is 15.4. The lowest BCUT2D eigenvalue weighted by molar-refractivity contribution is -0.126. The molecule has 0 aliphatic carbocycles. The molecule has 2 aromatic carbocycles. The van der Waals surface area contributed by atoms with E-state index in [4.69, 9.17) is 4.74 Å². The van der Waals surface area contributed by atoms with Gasteiger partial charge in [0.1, 0.15) is 12.3 Å². The van der Waals surface area contributed by atoms with Crippen LogP contribution in [0.4, 0.5) is 4.79 Å². The highest BCUT2D eigenvalue weighted by Gasteiger charge is 2.34. The largest absolute Gasteiger partial charge is 0.354 e. The molecule has 1 fully saturated rings. The lowest BCUT2D eigenvalue weighted by Crippen LogP contribution is -2.63. The number of urea groups is 1. The maximum Gasteiger partial charge on any atom is 0.326 e. The standard InChI is InChI=1S/C21H25N3O3/c1-16(27-15-18-10-6-3-7-11-18)24-14-19(20(25)23-21(24)26)22-13-12-17-8-4-2-5-9-17/h2-11,16,19,22H,12-15H2,1H3,(H,23,25,26). The molecule has 3 rings (SSSR count). The van der Waals surface area contributed by atoms with Crippen LogP contribution in [-0.4, -0.2) is 42.2 Å². The summed E-state index contributed by atoms with van der Waals surface area (Å²) in [5.41, 5.74) is 2.24. The van der Waals surface area contributed by atoms with Crippen LogP contribution in [0.3, 0.4) is 0 Å². The highest BCUT2D eigenvalue weighted by Crippen LogP contribution is 2.11. The number of carbonyl (C=O) groups excluding carboxylic acids is 2. The Morgan fingerprint density at radius 2 is 1.70 bits per heavy atom. The van der Waals surface area contributed by atoms with Crippen LogP contribution in [0.2, 0.25) is 0 Å². The predicted molar refractivity (Wildman–Crippen MR) is 103 cm³/mol. The SMILES string of the molecule is CC(OCc1ccccc1)N1CC(NCCc2ccccc2)C(=O)NC1=O. The number of imide groups is 1. The first-order valence-electron chi connectivity index (χ1n) is 9.18. The smallest absolute Gasteiger partial charge is 0.326 e. The zero-order valence-corrected chi connectivity index (χ0v) is 15.4. The van der Waals surface area contributed by atoms with Gasteiger partial charge in [0.25, 0.3) is 0 Å². The Labute approximate surface area is 159 Å². The molecule has 2 N–H and O–H groups in total. The van der Waals surface area contributed by atoms with Crippen molar-refractivity contribution in [3.8, 4) is 0 Å². The average Bonchev–Trinajstić information content (AvgIpc) is 2.69. The van der Waals surface area contributed by atoms with Crippen molar-refractivity contribution >= 4 is 11.9 Å². The Kier molecular flexibility index (Phi) is 6.57. The van der Waals surface area contributed by atoms with E-state index in [1.54, 1.807) is 4.90 Å². The molecule has 0 bridgehead atoms. The molecular weight excluding hydrogens is 342 g/mol. The van der Waals surface area contributed by atoms with Crippen molar-refractivity contribution in [2.45, 2.75) is 32.2 Å². The predicted octanol–water partition coefficient (Wildman–Crippen LogP) is 2.30. The number of benzene rings is 2. The van der Waals surface area contributed by atoms with Gasteiger partial charge in [0.2, 0.25) is 5.91 Å². The van der Waals surface area contributed by atoms with Crippen LogP contribution in [-0.2, 0) is 22.6 Å². The Morgan fingerprint density at radius 1 is 1.07 bits per heavy atom. The van der Waals surface area contributed by atoms with Gasteiger partial charge in [-0.05, 0) is 31.0 Å². The van der Waals surface area contributed by atoms with Crippen LogP contribution in [0, 0.1) is 0 Å². The number of nitrogens with one attached hydrogen (secondary N) is 2. The van der Waals surface area contributed by atoms with Crippen LogP contribution in [0.1, 0.15) is 18.1 Å². The molecule has 1 saturated heterocycles. The topological polar surface area (TPSA) is 70.7 Å². The minimum absolute atomic E-state index is 0.287. The molecule has 6 nitrogen and oxygen atoms in total. The summed E-state index contributed by atoms with van der Waals surface area (Å²) in [5.74, 6) is -0.292. The fourth-order valence-corrected chi connectivity index (χ4v) is 3.01. The highest BCUT2D eigenvalue weighted by atomic mass is 16.5. The van der Waals surface area contributed by atoms with Crippen molar-refractivity contribution in [1.29, 1.82) is 0 Å². The molecule has 0 radical (unpaired) electrons. The summed E-state index contributed by atoms with van der Waals surface area (Å²) in [6, 6.07) is 19.0. The molecule has 0 spiro atoms. The first kappa shape index (κ1) is 19.1. The summed E-state index contributed by atoms with van der Waals surface area (Å²) < 4.78 is 5.82. The Balaban J connectivity index is 1.51. The normalized spacial score (nSPS) is 18.3. The van der Waals surface area contributed by atoms with E-state index in [0.717, 1.165) is 12.0 Å². The van der Waals surface area contributed by atoms with Gasteiger partial charge in [0, 0.05) is 6.54 Å². The number of ether oxygens (including phenoxy) is 1. The van der Waals surface area contributed by atoms with E-state index in [1.165, 1.54) is 5.56 Å². The van der Waals surface area contributed by atoms with Gasteiger partial charge in [0.15, 0.2) is 0 Å². The summed E-state index contributed by atoms with van der Waals surface area (Å²) in [6.45, 7) is 3.17. The van der Waals surface area contributed by atoms with Gasteiger partial charge in [-0.3, -0.25) is 15.0 Å². The molecule has 3 amide bonds. The van der Waals surface area contributed by atoms with Crippen molar-refractivity contribution in [2.24, 2.45) is 0 Å². The molecule has 6 heteroatoms. The van der Waals surface area contributed by atoms with E-state index in [0.29, 0.717) is 13.2 Å². The number of hydrogen-bond donors (Lipinski definition) is 2. The van der Waals surface area contributed by atoms with Crippen molar-refractivity contribution in [1.82, 2.24) is 15.5 Å². The summed E-state index contributed by atoms with van der Waals surface area (Å²) in [5, 5.41) is 5.65. The van der Waals surface area contributed by atoms with Crippen LogP contribution in [0.5, 0.6) is 0 Å². The minimum Gasteiger partial charge on any atom is -0.354 e. The number of nitrogens with zero attached hydrogens (tertiary/aromatic N) is 1. The van der Waals surface area contributed by atoms with E-state index in [2.05, 4.69) is 22.8 Å². The van der Waals surface area contributed by atoms with E-state index in [1.807, 2.05) is 55.5 Å². The monoisotopic (exact) mass is 367 g/mol. The molecule has 1 aliphatic rings. The van der Waals surface area contributed by atoms with Gasteiger partial charge >= 0.3 is 6.03 Å². The lowest BCUT2D eigenvalue weighted by Gasteiger charge is -2.36. The Morgan fingerprint density at radius 3 is 2.37 bits per heavy atom. The molecule has 142 valence electrons. The number of hydrogen-bond acceptors (Lipinski definition) is 4. The van der Waals surface area contributed by atoms with Crippen molar-refractivity contribution < 1.29 is 14.3 Å². The van der Waals surface area contributed by atoms with Gasteiger partial charge in [0.05, 0.1) is 6.61 Å². The first-order valence-corrected chi connectivity index (χ1v) is 9.18. The average molecular weight is 367 g/mol. The molecule has 1 aliphatic heterocycles. The van der Waals surface area contributed by atoms with E-state index in [9.17, 15) is 9.59 Å². The van der Waals surface area contributed by atoms with Gasteiger partial charge in [-0.2, -0.15) is 0 Å². The second-order valence-corrected chi connectivity index (χ2v) is 6.58. The summed E-state index contributed by atoms with van der Waals surface area (Å²) in [4.78, 5) is 25.9. The third kappa shape index (κ3) is 5.39. The molecule has 2 unspecified atom stereocenters. The maximum absolute atomic E-state index is 12.2. The van der Waals surface area contributed by atoms with Crippen LogP contribution < -0.4 is 10.6 Å². The van der Waals surface area contributed by atoms with E-state index < -0.39 is 18.3 Å². The minimum atomic E-state index is -0.450. The molecule has 0 aromatic heterocycles. The highest BCUT2D eigenvalue weighted by molar-refractivity contribution is 5.99. The fraction of sp³-hybridized carbons (Fsp3) is 0.333. The molecule has 0 saturated carbocycles. The van der Waals surface area contributed by atoms with Crippen molar-refractivity contribution in [3.63, 3.8) is 0 Å². The summed E-state index contributed by atoms with van der Waals surface area (Å²) in [7, 11) is 0. The van der Waals surface area contributed by atoms with Gasteiger partial charge < -0.3 is 10.1 Å². The zero-order chi connectivity index (χ0) is 19.1. The lowest BCUT2D eigenvalue weighted by atomic mass is 10.1. The van der Waals surface area contributed by atoms with Crippen LogP contribution in [0.25, 0.3) is 0 Å². The van der Waals surface area contributed by atoms with Crippen molar-refractivity contribution in [3.05, 3.63) is 71.8 Å². The Bertz CT molecular complexity index is 752. The fourth-order valence-electron chi connectivity index (χ4n) is 3.01. The van der Waals surface area contributed by atoms with Crippen LogP contribution >= 0.6 is 0 Å². The van der Waals surface area contributed by atoms with Gasteiger partial charge in [-0.1, -0.05) is 60.7 Å². The van der Waals surface area contributed by atoms with Crippen LogP contribution in [0.15, 0.2) is 60.7 Å². The third-order valence-electron chi connectivity index (χ3n) is 4.61. The second kappa shape index (κ2) is 9.30. The molecule has 1 heterocycles. The Hall–Kier alpha value is -2.70. The first-order chi connectivity index (χ1) is 13.1. The third-order valence-corrected chi connectivity index (χ3v) is 4.61. The summed E-state index contributed by atoms with van der Waals surface area (Å²) >= 11 is 0. The number of amides is 3. The number of carbonyl (C=O) groups is 2. The van der Waals surface area contributed by atoms with Crippen molar-refractivity contribution in [2.75, 3.05) is 13.1 Å². The van der Waals surface area contributed by atoms with Gasteiger partial charge in [-0.25, -0.2) is 4.79 Å². The molecular formula is C21H25N3O3. The summed E-state index contributed by atoms with van der Waals surface area (Å²) in [6.07, 6.45) is 0.384. The quantitative estimate of drug-likeness (QED) is 0.751. The van der Waals surface area contributed by atoms with Gasteiger partial charge in [-0.15, -0.1) is 0 Å². The second-order valence-electron chi connectivity index (χ2n) is 6.58. The van der Waals surface area contributed by atoms with E-state index >= 15 is 0 Å². The maximum atomic E-state index is 12.2. The molecule has 2 aromatic rings. The number of rotatable bonds is 8. The molecule has 2 atom stereocenters. The van der Waals surface area contributed by atoms with E-state index in [-0.39, 0.29) is 12.5 Å².